The Kier molecular flexibility index (Phi) is 5.14. The van der Waals surface area contributed by atoms with E-state index in [1.54, 1.807) is 0 Å². The molecule has 0 heterocycles. The van der Waals surface area contributed by atoms with E-state index in [9.17, 15) is 0 Å². The summed E-state index contributed by atoms with van der Waals surface area (Å²) in [4.78, 5) is 0. The molecule has 1 unspecified atom stereocenters. The van der Waals surface area contributed by atoms with Crippen LogP contribution in [-0.2, 0) is 0 Å². The molecule has 0 bridgehead atoms. The zero-order chi connectivity index (χ0) is 13.8. The maximum Gasteiger partial charge on any atom is 0.133 e. The smallest absolute Gasteiger partial charge is 0.133 e. The van der Waals surface area contributed by atoms with Crippen molar-refractivity contribution in [1.29, 1.82) is 0 Å². The van der Waals surface area contributed by atoms with Gasteiger partial charge in [0.25, 0.3) is 0 Å². The van der Waals surface area contributed by atoms with E-state index in [1.165, 1.54) is 0 Å². The van der Waals surface area contributed by atoms with Crippen molar-refractivity contribution in [2.45, 2.75) is 12.3 Å². The van der Waals surface area contributed by atoms with Gasteiger partial charge in [0.2, 0.25) is 0 Å². The van der Waals surface area contributed by atoms with Gasteiger partial charge < -0.3 is 4.74 Å². The van der Waals surface area contributed by atoms with E-state index in [2.05, 4.69) is 15.9 Å². The van der Waals surface area contributed by atoms with Gasteiger partial charge in [-0.25, -0.2) is 0 Å². The lowest BCUT2D eigenvalue weighted by molar-refractivity contribution is 0.338. The minimum absolute atomic E-state index is 0.204. The Labute approximate surface area is 131 Å². The highest BCUT2D eigenvalue weighted by Gasteiger charge is 2.12. The second-order valence-electron chi connectivity index (χ2n) is 4.04. The standard InChI is InChI=1S/C15H13BrCl2O/c1-2-19-14-8-5-11(9-13(14)16)15(18)10-3-6-12(17)7-4-10/h3-9,15H,2H2,1H3. The maximum atomic E-state index is 6.48. The van der Waals surface area contributed by atoms with E-state index in [0.29, 0.717) is 11.6 Å². The number of halogens is 3. The van der Waals surface area contributed by atoms with Gasteiger partial charge in [-0.05, 0) is 58.2 Å². The lowest BCUT2D eigenvalue weighted by atomic mass is 10.0. The van der Waals surface area contributed by atoms with Gasteiger partial charge in [0.05, 0.1) is 16.5 Å². The van der Waals surface area contributed by atoms with Crippen molar-refractivity contribution in [2.75, 3.05) is 6.61 Å². The summed E-state index contributed by atoms with van der Waals surface area (Å²) in [6, 6.07) is 13.4. The Morgan fingerprint density at radius 1 is 1.11 bits per heavy atom. The number of ether oxygens (including phenoxy) is 1. The zero-order valence-electron chi connectivity index (χ0n) is 10.4. The van der Waals surface area contributed by atoms with Gasteiger partial charge in [0.1, 0.15) is 5.75 Å². The average Bonchev–Trinajstić information content (AvgIpc) is 2.41. The Hall–Kier alpha value is -0.700. The molecular weight excluding hydrogens is 347 g/mol. The lowest BCUT2D eigenvalue weighted by Crippen LogP contribution is -1.96. The van der Waals surface area contributed by atoms with Crippen LogP contribution < -0.4 is 4.74 Å². The van der Waals surface area contributed by atoms with Gasteiger partial charge >= 0.3 is 0 Å². The van der Waals surface area contributed by atoms with Crippen molar-refractivity contribution in [3.63, 3.8) is 0 Å². The monoisotopic (exact) mass is 358 g/mol. The molecule has 1 nitrogen and oxygen atoms in total. The molecule has 0 saturated heterocycles. The van der Waals surface area contributed by atoms with Gasteiger partial charge in [-0.1, -0.05) is 29.8 Å². The van der Waals surface area contributed by atoms with E-state index < -0.39 is 0 Å². The summed E-state index contributed by atoms with van der Waals surface area (Å²) >= 11 is 15.9. The third-order valence-electron chi connectivity index (χ3n) is 2.71. The Bertz CT molecular complexity index is 555. The first-order valence-corrected chi connectivity index (χ1v) is 7.54. The largest absolute Gasteiger partial charge is 0.493 e. The molecule has 0 radical (unpaired) electrons. The lowest BCUT2D eigenvalue weighted by Gasteiger charge is -2.13. The van der Waals surface area contributed by atoms with Crippen molar-refractivity contribution in [1.82, 2.24) is 0 Å². The molecule has 4 heteroatoms. The summed E-state index contributed by atoms with van der Waals surface area (Å²) in [5.41, 5.74) is 2.03. The highest BCUT2D eigenvalue weighted by molar-refractivity contribution is 9.10. The van der Waals surface area contributed by atoms with Crippen LogP contribution in [0.4, 0.5) is 0 Å². The van der Waals surface area contributed by atoms with Gasteiger partial charge in [-0.2, -0.15) is 0 Å². The molecule has 0 amide bonds. The predicted octanol–water partition coefficient (Wildman–Crippen LogP) is 5.83. The first-order chi connectivity index (χ1) is 9.11. The van der Waals surface area contributed by atoms with Crippen LogP contribution in [0, 0.1) is 0 Å². The van der Waals surface area contributed by atoms with E-state index in [1.807, 2.05) is 49.4 Å². The van der Waals surface area contributed by atoms with Crippen LogP contribution in [0.3, 0.4) is 0 Å². The third kappa shape index (κ3) is 3.65. The molecule has 19 heavy (non-hydrogen) atoms. The van der Waals surface area contributed by atoms with Crippen LogP contribution in [0.25, 0.3) is 0 Å². The SMILES string of the molecule is CCOc1ccc(C(Cl)c2ccc(Cl)cc2)cc1Br. The molecule has 0 aliphatic carbocycles. The molecule has 100 valence electrons. The van der Waals surface area contributed by atoms with E-state index in [4.69, 9.17) is 27.9 Å². The van der Waals surface area contributed by atoms with Crippen molar-refractivity contribution in [3.8, 4) is 5.75 Å². The molecule has 0 aliphatic rings. The second kappa shape index (κ2) is 6.65. The van der Waals surface area contributed by atoms with Crippen LogP contribution in [0.15, 0.2) is 46.9 Å². The molecule has 0 aliphatic heterocycles. The quantitative estimate of drug-likeness (QED) is 0.624. The predicted molar refractivity (Wildman–Crippen MR) is 84.5 cm³/mol. The number of hydrogen-bond donors (Lipinski definition) is 0. The number of hydrogen-bond acceptors (Lipinski definition) is 1. The van der Waals surface area contributed by atoms with Crippen molar-refractivity contribution in [3.05, 3.63) is 63.1 Å². The Morgan fingerprint density at radius 3 is 2.32 bits per heavy atom. The molecule has 1 atom stereocenters. The van der Waals surface area contributed by atoms with E-state index in [0.717, 1.165) is 21.3 Å². The summed E-state index contributed by atoms with van der Waals surface area (Å²) in [6.45, 7) is 2.60. The van der Waals surface area contributed by atoms with Gasteiger partial charge in [-0.15, -0.1) is 11.6 Å². The van der Waals surface area contributed by atoms with Crippen LogP contribution in [0.1, 0.15) is 23.4 Å². The topological polar surface area (TPSA) is 9.23 Å². The fourth-order valence-corrected chi connectivity index (χ4v) is 2.69. The Balaban J connectivity index is 2.26. The van der Waals surface area contributed by atoms with Gasteiger partial charge in [0, 0.05) is 5.02 Å². The van der Waals surface area contributed by atoms with Gasteiger partial charge in [-0.3, -0.25) is 0 Å². The van der Waals surface area contributed by atoms with Crippen LogP contribution in [0.2, 0.25) is 5.02 Å². The summed E-state index contributed by atoms with van der Waals surface area (Å²) in [5.74, 6) is 0.825. The first kappa shape index (κ1) is 14.7. The highest BCUT2D eigenvalue weighted by Crippen LogP contribution is 2.34. The molecule has 0 spiro atoms. The van der Waals surface area contributed by atoms with E-state index >= 15 is 0 Å². The zero-order valence-corrected chi connectivity index (χ0v) is 13.5. The molecular formula is C15H13BrCl2O. The normalized spacial score (nSPS) is 12.2. The fourth-order valence-electron chi connectivity index (χ4n) is 1.77. The molecule has 2 rings (SSSR count). The molecule has 0 aromatic heterocycles. The number of alkyl halides is 1. The van der Waals surface area contributed by atoms with Gasteiger partial charge in [0.15, 0.2) is 0 Å². The van der Waals surface area contributed by atoms with Crippen molar-refractivity contribution >= 4 is 39.1 Å². The van der Waals surface area contributed by atoms with Crippen LogP contribution in [0.5, 0.6) is 5.75 Å². The minimum Gasteiger partial charge on any atom is -0.493 e. The Morgan fingerprint density at radius 2 is 1.74 bits per heavy atom. The van der Waals surface area contributed by atoms with Crippen LogP contribution >= 0.6 is 39.1 Å². The minimum atomic E-state index is -0.204. The molecule has 0 saturated carbocycles. The number of rotatable bonds is 4. The molecule has 2 aromatic carbocycles. The highest BCUT2D eigenvalue weighted by atomic mass is 79.9. The van der Waals surface area contributed by atoms with E-state index in [-0.39, 0.29) is 5.38 Å². The van der Waals surface area contributed by atoms with Crippen LogP contribution in [-0.4, -0.2) is 6.61 Å². The summed E-state index contributed by atoms with van der Waals surface area (Å²) in [6.07, 6.45) is 0. The van der Waals surface area contributed by atoms with Crippen molar-refractivity contribution < 1.29 is 4.74 Å². The summed E-state index contributed by atoms with van der Waals surface area (Å²) < 4.78 is 6.39. The summed E-state index contributed by atoms with van der Waals surface area (Å²) in [5, 5.41) is 0.504. The summed E-state index contributed by atoms with van der Waals surface area (Å²) in [7, 11) is 0. The average molecular weight is 360 g/mol. The number of benzene rings is 2. The third-order valence-corrected chi connectivity index (χ3v) is 4.09. The molecule has 2 aromatic rings. The van der Waals surface area contributed by atoms with Crippen molar-refractivity contribution in [2.24, 2.45) is 0 Å². The second-order valence-corrected chi connectivity index (χ2v) is 5.76. The molecule has 0 fully saturated rings. The maximum absolute atomic E-state index is 6.48. The first-order valence-electron chi connectivity index (χ1n) is 5.93. The molecule has 0 N–H and O–H groups in total. The fraction of sp³-hybridized carbons (Fsp3) is 0.200.